The topological polar surface area (TPSA) is 0 Å². The van der Waals surface area contributed by atoms with Crippen molar-refractivity contribution in [1.82, 2.24) is 0 Å². The normalized spacial score (nSPS) is 13.7. The Balaban J connectivity index is 1.92. The predicted molar refractivity (Wildman–Crippen MR) is 119 cm³/mol. The zero-order valence-electron chi connectivity index (χ0n) is 13.8. The van der Waals surface area contributed by atoms with Crippen LogP contribution in [0.3, 0.4) is 0 Å². The third kappa shape index (κ3) is 6.89. The molecule has 0 fully saturated rings. The van der Waals surface area contributed by atoms with Crippen LogP contribution in [0.1, 0.15) is 6.42 Å². The summed E-state index contributed by atoms with van der Waals surface area (Å²) in [5.41, 5.74) is 0. The number of hydrogen-bond acceptors (Lipinski definition) is 0. The van der Waals surface area contributed by atoms with Gasteiger partial charge >= 0.3 is 0 Å². The summed E-state index contributed by atoms with van der Waals surface area (Å²) >= 11 is 0. The van der Waals surface area contributed by atoms with Gasteiger partial charge in [0.1, 0.15) is 0 Å². The van der Waals surface area contributed by atoms with Crippen molar-refractivity contribution in [1.29, 1.82) is 0 Å². The Morgan fingerprint density at radius 3 is 1.30 bits per heavy atom. The molecule has 0 amide bonds. The molecule has 0 bridgehead atoms. The van der Waals surface area contributed by atoms with E-state index in [0.717, 1.165) is 0 Å². The molecular weight excluding hydrogens is 352 g/mol. The fraction of sp³-hybridized carbons (Fsp3) is 0.368. The summed E-state index contributed by atoms with van der Waals surface area (Å²) < 4.78 is 0. The molecule has 0 radical (unpaired) electrons. The van der Waals surface area contributed by atoms with Crippen LogP contribution in [-0.2, 0) is 0 Å². The minimum atomic E-state index is 0.0196. The van der Waals surface area contributed by atoms with Gasteiger partial charge in [0.2, 0.25) is 0 Å². The van der Waals surface area contributed by atoms with Crippen LogP contribution in [0.2, 0.25) is 0 Å². The van der Waals surface area contributed by atoms with Gasteiger partial charge < -0.3 is 0 Å². The largest absolute Gasteiger partial charge is 0.137 e. The first-order chi connectivity index (χ1) is 11.3. The maximum Gasteiger partial charge on any atom is -0.0240 e. The molecule has 0 aromatic heterocycles. The van der Waals surface area contributed by atoms with Gasteiger partial charge in [-0.15, -0.1) is 18.5 Å². The van der Waals surface area contributed by atoms with Gasteiger partial charge in [-0.05, 0) is 54.0 Å². The second-order valence-corrected chi connectivity index (χ2v) is 11.7. The monoisotopic (exact) mass is 380 g/mol. The van der Waals surface area contributed by atoms with Crippen molar-refractivity contribution in [2.24, 2.45) is 0 Å². The molecule has 4 unspecified atom stereocenters. The summed E-state index contributed by atoms with van der Waals surface area (Å²) in [6.07, 6.45) is 9.27. The lowest BCUT2D eigenvalue weighted by Crippen LogP contribution is -2.10. The van der Waals surface area contributed by atoms with Crippen molar-refractivity contribution in [3.8, 4) is 0 Å². The van der Waals surface area contributed by atoms with E-state index in [2.05, 4.69) is 79.1 Å². The lowest BCUT2D eigenvalue weighted by atomic mass is 10.4. The lowest BCUT2D eigenvalue weighted by molar-refractivity contribution is 1.10. The molecule has 0 spiro atoms. The van der Waals surface area contributed by atoms with Gasteiger partial charge in [0.15, 0.2) is 0 Å². The average molecular weight is 380 g/mol. The zero-order chi connectivity index (χ0) is 16.3. The van der Waals surface area contributed by atoms with Crippen LogP contribution in [0.15, 0.2) is 60.7 Å². The number of benzene rings is 2. The Morgan fingerprint density at radius 2 is 0.957 bits per heavy atom. The molecule has 0 saturated heterocycles. The van der Waals surface area contributed by atoms with Gasteiger partial charge in [0.05, 0.1) is 0 Å². The van der Waals surface area contributed by atoms with Crippen LogP contribution in [-0.4, -0.2) is 37.0 Å². The second-order valence-electron chi connectivity index (χ2n) is 5.58. The van der Waals surface area contributed by atoms with Crippen LogP contribution in [0.4, 0.5) is 0 Å². The standard InChI is InChI=1S/C19H28P4/c20-12-16-22(18-8-3-1-4-9-18)14-7-15-23(17-13-21)19-10-5-2-6-11-19/h1-6,8-11H,7,12-17,20-21H2. The Kier molecular flexibility index (Phi) is 9.89. The van der Waals surface area contributed by atoms with E-state index in [1.54, 1.807) is 10.6 Å². The Morgan fingerprint density at radius 1 is 0.565 bits per heavy atom. The molecule has 2 aromatic rings. The molecule has 0 heterocycles. The third-order valence-electron chi connectivity index (χ3n) is 3.90. The SMILES string of the molecule is PCCP(CCCP(CCP)c1ccccc1)c1ccccc1. The number of hydrogen-bond donors (Lipinski definition) is 0. The van der Waals surface area contributed by atoms with E-state index in [9.17, 15) is 0 Å². The molecular formula is C19H28P4. The smallest absolute Gasteiger partial charge is 0.0240 e. The molecule has 4 heteroatoms. The van der Waals surface area contributed by atoms with Crippen LogP contribution in [0.25, 0.3) is 0 Å². The summed E-state index contributed by atoms with van der Waals surface area (Å²) in [6, 6.07) is 22.3. The molecule has 0 aliphatic rings. The zero-order valence-corrected chi connectivity index (χ0v) is 17.9. The highest BCUT2D eigenvalue weighted by Gasteiger charge is 2.13. The van der Waals surface area contributed by atoms with E-state index in [0.29, 0.717) is 0 Å². The van der Waals surface area contributed by atoms with E-state index < -0.39 is 0 Å². The molecule has 124 valence electrons. The van der Waals surface area contributed by atoms with Gasteiger partial charge in [-0.3, -0.25) is 0 Å². The van der Waals surface area contributed by atoms with Gasteiger partial charge in [-0.2, -0.15) is 0 Å². The molecule has 0 aliphatic carbocycles. The molecule has 2 aromatic carbocycles. The first-order valence-electron chi connectivity index (χ1n) is 8.35. The van der Waals surface area contributed by atoms with E-state index in [-0.39, 0.29) is 15.8 Å². The summed E-state index contributed by atoms with van der Waals surface area (Å²) in [4.78, 5) is 0. The molecule has 4 atom stereocenters. The van der Waals surface area contributed by atoms with Crippen LogP contribution >= 0.6 is 34.3 Å². The van der Waals surface area contributed by atoms with E-state index in [1.807, 2.05) is 0 Å². The average Bonchev–Trinajstić information content (AvgIpc) is 2.61. The van der Waals surface area contributed by atoms with Gasteiger partial charge in [0.25, 0.3) is 0 Å². The number of rotatable bonds is 10. The molecule has 0 N–H and O–H groups in total. The summed E-state index contributed by atoms with van der Waals surface area (Å²) in [5, 5.41) is 3.17. The van der Waals surface area contributed by atoms with Crippen molar-refractivity contribution in [3.05, 3.63) is 60.7 Å². The second kappa shape index (κ2) is 11.7. The summed E-state index contributed by atoms with van der Waals surface area (Å²) in [6.45, 7) is 0. The minimum absolute atomic E-state index is 0.0196. The first kappa shape index (κ1) is 19.5. The quantitative estimate of drug-likeness (QED) is 0.523. The van der Waals surface area contributed by atoms with Crippen LogP contribution < -0.4 is 10.6 Å². The highest BCUT2D eigenvalue weighted by atomic mass is 31.1. The molecule has 2 rings (SSSR count). The van der Waals surface area contributed by atoms with Crippen LogP contribution in [0, 0.1) is 0 Å². The molecule has 0 nitrogen and oxygen atoms in total. The van der Waals surface area contributed by atoms with Crippen LogP contribution in [0.5, 0.6) is 0 Å². The fourth-order valence-electron chi connectivity index (χ4n) is 2.78. The molecule has 0 aliphatic heterocycles. The van der Waals surface area contributed by atoms with E-state index >= 15 is 0 Å². The first-order valence-corrected chi connectivity index (χ1v) is 13.4. The van der Waals surface area contributed by atoms with Crippen molar-refractivity contribution in [2.45, 2.75) is 6.42 Å². The summed E-state index contributed by atoms with van der Waals surface area (Å²) in [7, 11) is 5.86. The Labute approximate surface area is 149 Å². The highest BCUT2D eigenvalue weighted by Crippen LogP contribution is 2.40. The Bertz CT molecular complexity index is 480. The maximum absolute atomic E-state index is 2.91. The minimum Gasteiger partial charge on any atom is -0.137 e. The van der Waals surface area contributed by atoms with Crippen molar-refractivity contribution >= 4 is 44.9 Å². The molecule has 0 saturated carbocycles. The van der Waals surface area contributed by atoms with Gasteiger partial charge in [-0.25, -0.2) is 0 Å². The third-order valence-corrected chi connectivity index (χ3v) is 10.8. The fourth-order valence-corrected chi connectivity index (χ4v) is 9.27. The van der Waals surface area contributed by atoms with Crippen molar-refractivity contribution < 1.29 is 0 Å². The Hall–Kier alpha value is 0.160. The van der Waals surface area contributed by atoms with Gasteiger partial charge in [-0.1, -0.05) is 76.5 Å². The highest BCUT2D eigenvalue weighted by molar-refractivity contribution is 7.67. The predicted octanol–water partition coefficient (Wildman–Crippen LogP) is 4.74. The molecule has 23 heavy (non-hydrogen) atoms. The van der Waals surface area contributed by atoms with Gasteiger partial charge in [0, 0.05) is 0 Å². The maximum atomic E-state index is 2.91. The van der Waals surface area contributed by atoms with Crippen molar-refractivity contribution in [3.63, 3.8) is 0 Å². The van der Waals surface area contributed by atoms with E-state index in [1.165, 1.54) is 43.4 Å². The van der Waals surface area contributed by atoms with Crippen molar-refractivity contribution in [2.75, 3.05) is 37.0 Å². The summed E-state index contributed by atoms with van der Waals surface area (Å²) in [5.74, 6) is 0. The lowest BCUT2D eigenvalue weighted by Gasteiger charge is -2.21. The van der Waals surface area contributed by atoms with E-state index in [4.69, 9.17) is 0 Å².